The van der Waals surface area contributed by atoms with E-state index in [2.05, 4.69) is 15.7 Å². The van der Waals surface area contributed by atoms with Gasteiger partial charge in [-0.2, -0.15) is 5.10 Å². The molecule has 0 radical (unpaired) electrons. The molecular weight excluding hydrogens is 384 g/mol. The standard InChI is InChI=1S/C23H25ClN4O/c1-15-4-3-5-16(2)21(15)27-23(29)20-14-26-28(19-8-6-18(24)7-9-19)22(20)17-10-12-25-13-11-17/h3-9,14,17,25H,10-13H2,1-2H3,(H,27,29). The number of amides is 1. The largest absolute Gasteiger partial charge is 0.321 e. The SMILES string of the molecule is Cc1cccc(C)c1NC(=O)c1cnn(-c2ccc(Cl)cc2)c1C1CCNCC1. The molecule has 1 aromatic heterocycles. The molecule has 1 aliphatic heterocycles. The first-order chi connectivity index (χ1) is 14.0. The van der Waals surface area contributed by atoms with Crippen molar-refractivity contribution in [2.45, 2.75) is 32.6 Å². The third-order valence-corrected chi connectivity index (χ3v) is 5.82. The molecule has 5 nitrogen and oxygen atoms in total. The normalized spacial score (nSPS) is 14.7. The molecule has 4 rings (SSSR count). The fraction of sp³-hybridized carbons (Fsp3) is 0.304. The van der Waals surface area contributed by atoms with Gasteiger partial charge >= 0.3 is 0 Å². The summed E-state index contributed by atoms with van der Waals surface area (Å²) in [6.45, 7) is 5.89. The summed E-state index contributed by atoms with van der Waals surface area (Å²) in [5.41, 5.74) is 5.48. The maximum atomic E-state index is 13.3. The molecule has 29 heavy (non-hydrogen) atoms. The van der Waals surface area contributed by atoms with Crippen LogP contribution in [0.4, 0.5) is 5.69 Å². The predicted octanol–water partition coefficient (Wildman–Crippen LogP) is 4.86. The van der Waals surface area contributed by atoms with Crippen molar-refractivity contribution >= 4 is 23.2 Å². The molecule has 2 aromatic carbocycles. The van der Waals surface area contributed by atoms with Crippen molar-refractivity contribution in [3.8, 4) is 5.69 Å². The number of hydrogen-bond acceptors (Lipinski definition) is 3. The van der Waals surface area contributed by atoms with Crippen molar-refractivity contribution in [1.29, 1.82) is 0 Å². The lowest BCUT2D eigenvalue weighted by Crippen LogP contribution is -2.29. The number of carbonyl (C=O) groups is 1. The van der Waals surface area contributed by atoms with Crippen molar-refractivity contribution in [3.05, 3.63) is 76.1 Å². The highest BCUT2D eigenvalue weighted by Crippen LogP contribution is 2.31. The van der Waals surface area contributed by atoms with Gasteiger partial charge in [0, 0.05) is 16.6 Å². The molecule has 0 aliphatic carbocycles. The topological polar surface area (TPSA) is 59.0 Å². The van der Waals surface area contributed by atoms with Gasteiger partial charge in [-0.25, -0.2) is 4.68 Å². The maximum absolute atomic E-state index is 13.3. The minimum atomic E-state index is -0.115. The van der Waals surface area contributed by atoms with Gasteiger partial charge in [0.15, 0.2) is 0 Å². The zero-order valence-corrected chi connectivity index (χ0v) is 17.5. The zero-order valence-electron chi connectivity index (χ0n) is 16.7. The monoisotopic (exact) mass is 408 g/mol. The lowest BCUT2D eigenvalue weighted by molar-refractivity contribution is 0.102. The minimum Gasteiger partial charge on any atom is -0.321 e. The van der Waals surface area contributed by atoms with Crippen molar-refractivity contribution in [3.63, 3.8) is 0 Å². The second-order valence-corrected chi connectivity index (χ2v) is 8.01. The van der Waals surface area contributed by atoms with E-state index in [4.69, 9.17) is 11.6 Å². The van der Waals surface area contributed by atoms with Crippen molar-refractivity contribution in [1.82, 2.24) is 15.1 Å². The van der Waals surface area contributed by atoms with Crippen molar-refractivity contribution in [2.75, 3.05) is 18.4 Å². The van der Waals surface area contributed by atoms with E-state index in [-0.39, 0.29) is 11.8 Å². The summed E-state index contributed by atoms with van der Waals surface area (Å²) in [7, 11) is 0. The highest BCUT2D eigenvalue weighted by atomic mass is 35.5. The van der Waals surface area contributed by atoms with Gasteiger partial charge in [-0.1, -0.05) is 29.8 Å². The van der Waals surface area contributed by atoms with Gasteiger partial charge in [0.25, 0.3) is 5.91 Å². The number of piperidine rings is 1. The van der Waals surface area contributed by atoms with Gasteiger partial charge in [0.1, 0.15) is 0 Å². The van der Waals surface area contributed by atoms with Crippen LogP contribution in [0.5, 0.6) is 0 Å². The van der Waals surface area contributed by atoms with Crippen LogP contribution in [0.15, 0.2) is 48.7 Å². The number of hydrogen-bond donors (Lipinski definition) is 2. The van der Waals surface area contributed by atoms with Crippen LogP contribution < -0.4 is 10.6 Å². The third-order valence-electron chi connectivity index (χ3n) is 5.57. The summed E-state index contributed by atoms with van der Waals surface area (Å²) in [5.74, 6) is 0.157. The van der Waals surface area contributed by atoms with Gasteiger partial charge in [-0.05, 0) is 75.2 Å². The van der Waals surface area contributed by atoms with E-state index in [0.717, 1.165) is 54.1 Å². The number of nitrogens with zero attached hydrogens (tertiary/aromatic N) is 2. The van der Waals surface area contributed by atoms with Crippen LogP contribution in [0.1, 0.15) is 45.9 Å². The quantitative estimate of drug-likeness (QED) is 0.648. The molecule has 0 spiro atoms. The van der Waals surface area contributed by atoms with E-state index in [1.165, 1.54) is 0 Å². The fourth-order valence-electron chi connectivity index (χ4n) is 4.00. The van der Waals surface area contributed by atoms with E-state index in [0.29, 0.717) is 10.6 Å². The second kappa shape index (κ2) is 8.39. The number of anilines is 1. The average molecular weight is 409 g/mol. The summed E-state index contributed by atoms with van der Waals surface area (Å²) in [6, 6.07) is 13.6. The predicted molar refractivity (Wildman–Crippen MR) is 117 cm³/mol. The summed E-state index contributed by atoms with van der Waals surface area (Å²) in [6.07, 6.45) is 3.64. The van der Waals surface area contributed by atoms with Crippen LogP contribution in [0.3, 0.4) is 0 Å². The number of aryl methyl sites for hydroxylation is 2. The van der Waals surface area contributed by atoms with E-state index in [9.17, 15) is 4.79 Å². The summed E-state index contributed by atoms with van der Waals surface area (Å²) < 4.78 is 1.89. The number of benzene rings is 2. The fourth-order valence-corrected chi connectivity index (χ4v) is 4.13. The highest BCUT2D eigenvalue weighted by molar-refractivity contribution is 6.30. The first-order valence-electron chi connectivity index (χ1n) is 9.96. The molecule has 3 aromatic rings. The molecule has 1 saturated heterocycles. The Bertz CT molecular complexity index is 1000. The summed E-state index contributed by atoms with van der Waals surface area (Å²) in [5, 5.41) is 11.8. The van der Waals surface area contributed by atoms with E-state index < -0.39 is 0 Å². The van der Waals surface area contributed by atoms with Crippen LogP contribution >= 0.6 is 11.6 Å². The van der Waals surface area contributed by atoms with Crippen LogP contribution in [0.2, 0.25) is 5.02 Å². The molecule has 0 atom stereocenters. The maximum Gasteiger partial charge on any atom is 0.259 e. The van der Waals surface area contributed by atoms with Crippen LogP contribution in [0, 0.1) is 13.8 Å². The van der Waals surface area contributed by atoms with Gasteiger partial charge in [-0.15, -0.1) is 0 Å². The Labute approximate surface area is 176 Å². The highest BCUT2D eigenvalue weighted by Gasteiger charge is 2.27. The molecule has 6 heteroatoms. The number of halogens is 1. The Hall–Kier alpha value is -2.63. The molecule has 0 unspecified atom stereocenters. The number of nitrogens with one attached hydrogen (secondary N) is 2. The van der Waals surface area contributed by atoms with Gasteiger partial charge in [-0.3, -0.25) is 4.79 Å². The summed E-state index contributed by atoms with van der Waals surface area (Å²) >= 11 is 6.06. The molecular formula is C23H25ClN4O. The van der Waals surface area contributed by atoms with Gasteiger partial charge < -0.3 is 10.6 Å². The number of aromatic nitrogens is 2. The zero-order chi connectivity index (χ0) is 20.4. The molecule has 150 valence electrons. The van der Waals surface area contributed by atoms with Gasteiger partial charge in [0.05, 0.1) is 23.1 Å². The summed E-state index contributed by atoms with van der Waals surface area (Å²) in [4.78, 5) is 13.3. The lowest BCUT2D eigenvalue weighted by Gasteiger charge is -2.25. The minimum absolute atomic E-state index is 0.115. The molecule has 1 fully saturated rings. The van der Waals surface area contributed by atoms with Crippen LogP contribution in [-0.2, 0) is 0 Å². The Balaban J connectivity index is 1.74. The van der Waals surface area contributed by atoms with Crippen molar-refractivity contribution < 1.29 is 4.79 Å². The Morgan fingerprint density at radius 2 is 1.76 bits per heavy atom. The Morgan fingerprint density at radius 3 is 2.41 bits per heavy atom. The van der Waals surface area contributed by atoms with Crippen LogP contribution in [0.25, 0.3) is 5.69 Å². The average Bonchev–Trinajstić information content (AvgIpc) is 3.17. The molecule has 1 aliphatic rings. The molecule has 0 saturated carbocycles. The lowest BCUT2D eigenvalue weighted by atomic mass is 9.91. The molecule has 2 heterocycles. The smallest absolute Gasteiger partial charge is 0.259 e. The third kappa shape index (κ3) is 4.07. The van der Waals surface area contributed by atoms with E-state index >= 15 is 0 Å². The number of carbonyl (C=O) groups excluding carboxylic acids is 1. The molecule has 0 bridgehead atoms. The Morgan fingerprint density at radius 1 is 1.10 bits per heavy atom. The first kappa shape index (κ1) is 19.7. The first-order valence-corrected chi connectivity index (χ1v) is 10.3. The van der Waals surface area contributed by atoms with Crippen LogP contribution in [-0.4, -0.2) is 28.8 Å². The van der Waals surface area contributed by atoms with Gasteiger partial charge in [0.2, 0.25) is 0 Å². The Kier molecular flexibility index (Phi) is 5.69. The van der Waals surface area contributed by atoms with E-state index in [1.807, 2.05) is 61.0 Å². The van der Waals surface area contributed by atoms with E-state index in [1.54, 1.807) is 6.20 Å². The molecule has 2 N–H and O–H groups in total. The van der Waals surface area contributed by atoms with Crippen molar-refractivity contribution in [2.24, 2.45) is 0 Å². The molecule has 1 amide bonds. The number of para-hydroxylation sites is 1. The number of rotatable bonds is 4. The second-order valence-electron chi connectivity index (χ2n) is 7.58.